The van der Waals surface area contributed by atoms with E-state index in [1.54, 1.807) is 24.3 Å². The molecule has 0 aliphatic heterocycles. The third-order valence-corrected chi connectivity index (χ3v) is 17.5. The Labute approximate surface area is 305 Å². The minimum atomic E-state index is -3.55. The Hall–Kier alpha value is -6.35. The molecule has 0 saturated heterocycles. The van der Waals surface area contributed by atoms with Crippen molar-refractivity contribution in [3.8, 4) is 0 Å². The Kier molecular flexibility index (Phi) is 8.91. The van der Waals surface area contributed by atoms with Gasteiger partial charge in [0.05, 0.1) is 0 Å². The van der Waals surface area contributed by atoms with Crippen molar-refractivity contribution < 1.29 is 18.4 Å². The van der Waals surface area contributed by atoms with Gasteiger partial charge in [-0.2, -0.15) is 0 Å². The Morgan fingerprint density at radius 2 is 0.462 bits per heavy atom. The second-order valence-electron chi connectivity index (χ2n) is 12.6. The molecule has 0 bridgehead atoms. The fourth-order valence-electron chi connectivity index (χ4n) is 7.21. The van der Waals surface area contributed by atoms with E-state index < -0.39 is 16.6 Å². The minimum absolute atomic E-state index is 0.0772. The van der Waals surface area contributed by atoms with Gasteiger partial charge in [-0.3, -0.25) is 9.59 Å². The summed E-state index contributed by atoms with van der Waals surface area (Å²) in [7, 11) is -7.11. The second kappa shape index (κ2) is 14.1. The SMILES string of the molecule is O=C1C(O[Si](c2ccccc2)(c2ccccc2)c2ccccc2)=C(O[Si](c2ccccc2)(c2ccccc2)c2ccccc2)C(=O)c2ccccc21. The summed E-state index contributed by atoms with van der Waals surface area (Å²) in [5.41, 5.74) is 0.580. The highest BCUT2D eigenvalue weighted by Gasteiger charge is 2.51. The largest absolute Gasteiger partial charge is 0.525 e. The van der Waals surface area contributed by atoms with Gasteiger partial charge in [0.15, 0.2) is 11.5 Å². The van der Waals surface area contributed by atoms with Crippen LogP contribution in [-0.4, -0.2) is 28.2 Å². The minimum Gasteiger partial charge on any atom is -0.525 e. The monoisotopic (exact) mass is 706 g/mol. The van der Waals surface area contributed by atoms with E-state index in [0.29, 0.717) is 11.1 Å². The smallest absolute Gasteiger partial charge is 0.347 e. The number of hydrogen-bond donors (Lipinski definition) is 0. The van der Waals surface area contributed by atoms with Gasteiger partial charge in [-0.05, 0) is 31.1 Å². The normalized spacial score (nSPS) is 13.0. The van der Waals surface area contributed by atoms with Crippen molar-refractivity contribution in [2.75, 3.05) is 0 Å². The average Bonchev–Trinajstić information content (AvgIpc) is 3.23. The number of ketones is 2. The highest BCUT2D eigenvalue weighted by atomic mass is 28.4. The van der Waals surface area contributed by atoms with E-state index in [4.69, 9.17) is 8.85 Å². The van der Waals surface area contributed by atoms with Gasteiger partial charge < -0.3 is 8.85 Å². The number of benzene rings is 7. The third-order valence-electron chi connectivity index (χ3n) is 9.63. The number of Topliss-reactive ketones (excluding diaryl/α,β-unsaturated/α-hetero) is 2. The molecule has 52 heavy (non-hydrogen) atoms. The Balaban J connectivity index is 1.46. The fourth-order valence-corrected chi connectivity index (χ4v) is 14.9. The Bertz CT molecular complexity index is 2000. The standard InChI is InChI=1S/C46H34O4Si2/c47-43-41-33-19-20-34-42(41)44(48)46(50-52(38-27-13-4-14-28-38,39-29-15-5-16-30-39)40-31-17-6-18-32-40)45(43)49-51(35-21-7-1-8-22-35,36-23-9-2-10-24-36)37-25-11-3-12-26-37/h1-34H. The van der Waals surface area contributed by atoms with Crippen LogP contribution in [0.25, 0.3) is 0 Å². The van der Waals surface area contributed by atoms with E-state index in [1.807, 2.05) is 182 Å². The Morgan fingerprint density at radius 3 is 0.673 bits per heavy atom. The van der Waals surface area contributed by atoms with E-state index in [-0.39, 0.29) is 23.1 Å². The molecule has 0 amide bonds. The molecule has 6 heteroatoms. The molecule has 0 fully saturated rings. The highest BCUT2D eigenvalue weighted by molar-refractivity contribution is 7.08. The summed E-state index contributed by atoms with van der Waals surface area (Å²) >= 11 is 0. The van der Waals surface area contributed by atoms with E-state index in [9.17, 15) is 0 Å². The van der Waals surface area contributed by atoms with Crippen LogP contribution >= 0.6 is 0 Å². The van der Waals surface area contributed by atoms with Crippen LogP contribution in [0.1, 0.15) is 20.7 Å². The summed E-state index contributed by atoms with van der Waals surface area (Å²) in [5.74, 6) is -0.929. The fraction of sp³-hybridized carbons (Fsp3) is 0. The predicted molar refractivity (Wildman–Crippen MR) is 212 cm³/mol. The van der Waals surface area contributed by atoms with Crippen LogP contribution in [0.5, 0.6) is 0 Å². The van der Waals surface area contributed by atoms with Gasteiger partial charge in [0, 0.05) is 11.1 Å². The first-order valence-electron chi connectivity index (χ1n) is 17.3. The van der Waals surface area contributed by atoms with E-state index >= 15 is 9.59 Å². The topological polar surface area (TPSA) is 52.6 Å². The molecule has 1 aliphatic carbocycles. The summed E-state index contributed by atoms with van der Waals surface area (Å²) < 4.78 is 15.0. The van der Waals surface area contributed by atoms with Crippen molar-refractivity contribution in [1.82, 2.24) is 0 Å². The van der Waals surface area contributed by atoms with Crippen LogP contribution in [0, 0.1) is 0 Å². The summed E-state index contributed by atoms with van der Waals surface area (Å²) in [5, 5.41) is 5.56. The Morgan fingerprint density at radius 1 is 0.269 bits per heavy atom. The molecule has 0 N–H and O–H groups in total. The molecule has 0 aromatic heterocycles. The summed E-state index contributed by atoms with van der Waals surface area (Å²) in [4.78, 5) is 30.1. The summed E-state index contributed by atoms with van der Waals surface area (Å²) in [6.45, 7) is 0. The van der Waals surface area contributed by atoms with Crippen molar-refractivity contribution in [1.29, 1.82) is 0 Å². The van der Waals surface area contributed by atoms with Crippen molar-refractivity contribution in [2.24, 2.45) is 0 Å². The molecular formula is C46H34O4Si2. The lowest BCUT2D eigenvalue weighted by Gasteiger charge is -2.38. The number of rotatable bonds is 10. The number of fused-ring (bicyclic) bond motifs is 1. The average molecular weight is 707 g/mol. The number of carbonyl (C=O) groups is 2. The van der Waals surface area contributed by atoms with E-state index in [1.165, 1.54) is 0 Å². The summed E-state index contributed by atoms with van der Waals surface area (Å²) in [6.07, 6.45) is 0. The lowest BCUT2D eigenvalue weighted by Crippen LogP contribution is -2.70. The third kappa shape index (κ3) is 5.64. The van der Waals surface area contributed by atoms with Gasteiger partial charge in [-0.15, -0.1) is 0 Å². The maximum absolute atomic E-state index is 15.1. The molecule has 250 valence electrons. The maximum atomic E-state index is 15.1. The van der Waals surface area contributed by atoms with Gasteiger partial charge in [0.1, 0.15) is 0 Å². The van der Waals surface area contributed by atoms with Crippen LogP contribution in [0.3, 0.4) is 0 Å². The molecule has 0 heterocycles. The molecule has 0 spiro atoms. The van der Waals surface area contributed by atoms with Crippen LogP contribution in [0.2, 0.25) is 0 Å². The van der Waals surface area contributed by atoms with Crippen LogP contribution in [0.4, 0.5) is 0 Å². The lowest BCUT2D eigenvalue weighted by atomic mass is 9.92. The number of carbonyl (C=O) groups excluding carboxylic acids is 2. The van der Waals surface area contributed by atoms with E-state index in [0.717, 1.165) is 31.1 Å². The number of allylic oxidation sites excluding steroid dienone is 2. The summed E-state index contributed by atoms with van der Waals surface area (Å²) in [6, 6.07) is 67.2. The molecule has 0 unspecified atom stereocenters. The lowest BCUT2D eigenvalue weighted by molar-refractivity contribution is 0.0896. The molecule has 0 radical (unpaired) electrons. The number of hydrogen-bond acceptors (Lipinski definition) is 4. The van der Waals surface area contributed by atoms with Gasteiger partial charge in [0.2, 0.25) is 11.6 Å². The van der Waals surface area contributed by atoms with Gasteiger partial charge in [-0.1, -0.05) is 206 Å². The molecule has 0 saturated carbocycles. The first-order chi connectivity index (χ1) is 25.6. The zero-order valence-corrected chi connectivity index (χ0v) is 30.3. The highest BCUT2D eigenvalue weighted by Crippen LogP contribution is 2.32. The van der Waals surface area contributed by atoms with E-state index in [2.05, 4.69) is 0 Å². The van der Waals surface area contributed by atoms with Gasteiger partial charge >= 0.3 is 16.6 Å². The van der Waals surface area contributed by atoms with Crippen molar-refractivity contribution >= 4 is 59.3 Å². The quantitative estimate of drug-likeness (QED) is 0.137. The van der Waals surface area contributed by atoms with Gasteiger partial charge in [-0.25, -0.2) is 0 Å². The molecular weight excluding hydrogens is 673 g/mol. The van der Waals surface area contributed by atoms with Crippen molar-refractivity contribution in [3.63, 3.8) is 0 Å². The zero-order chi connectivity index (χ0) is 35.4. The maximum Gasteiger partial charge on any atom is 0.347 e. The molecule has 7 aromatic carbocycles. The molecule has 4 nitrogen and oxygen atoms in total. The molecule has 1 aliphatic rings. The van der Waals surface area contributed by atoms with Crippen LogP contribution < -0.4 is 31.1 Å². The first-order valence-corrected chi connectivity index (χ1v) is 21.1. The van der Waals surface area contributed by atoms with Gasteiger partial charge in [0.25, 0.3) is 0 Å². The predicted octanol–water partition coefficient (Wildman–Crippen LogP) is 5.64. The van der Waals surface area contributed by atoms with Crippen LogP contribution in [-0.2, 0) is 8.85 Å². The molecule has 7 aromatic rings. The molecule has 8 rings (SSSR count). The van der Waals surface area contributed by atoms with Crippen molar-refractivity contribution in [3.05, 3.63) is 229 Å². The van der Waals surface area contributed by atoms with Crippen LogP contribution in [0.15, 0.2) is 218 Å². The zero-order valence-electron chi connectivity index (χ0n) is 28.3. The first kappa shape index (κ1) is 32.8. The van der Waals surface area contributed by atoms with Crippen molar-refractivity contribution in [2.45, 2.75) is 0 Å². The second-order valence-corrected chi connectivity index (χ2v) is 19.2. The molecule has 0 atom stereocenters.